The molecule has 6 aromatic carbocycles. The summed E-state index contributed by atoms with van der Waals surface area (Å²) in [5.74, 6) is 0.489. The van der Waals surface area contributed by atoms with Gasteiger partial charge in [0.05, 0.1) is 22.4 Å². The average molecular weight is 695 g/mol. The highest BCUT2D eigenvalue weighted by atomic mass is 15.0. The molecule has 0 amide bonds. The molecule has 10 rings (SSSR count). The standard InChI is InChI=1S/C50H38N4/c1-32(2)25-33-26-46(37-17-11-18-39(28-37)54-48-21-10-9-19-40(48)41-20-12-24-51-50(41)54)52-47(27-33)44-31-38(35-15-7-4-8-16-35)30-43-42-29-36(34-13-5-3-6-14-34)22-23-45(42)53-49(43)44/h3-24,26-32,53H,25H2,1-2H3. The quantitative estimate of drug-likeness (QED) is 0.180. The first-order valence-corrected chi connectivity index (χ1v) is 18.7. The van der Waals surface area contributed by atoms with Crippen molar-refractivity contribution in [2.24, 2.45) is 5.92 Å². The summed E-state index contributed by atoms with van der Waals surface area (Å²) >= 11 is 0. The minimum atomic E-state index is 0.489. The van der Waals surface area contributed by atoms with Crippen LogP contribution in [0.25, 0.3) is 94.2 Å². The molecule has 0 bridgehead atoms. The summed E-state index contributed by atoms with van der Waals surface area (Å²) in [6, 6.07) is 58.8. The molecule has 4 heteroatoms. The highest BCUT2D eigenvalue weighted by molar-refractivity contribution is 6.14. The number of H-pyrrole nitrogens is 1. The van der Waals surface area contributed by atoms with Crippen LogP contribution >= 0.6 is 0 Å². The molecule has 4 heterocycles. The molecule has 258 valence electrons. The molecule has 0 aliphatic heterocycles. The van der Waals surface area contributed by atoms with Gasteiger partial charge in [-0.15, -0.1) is 0 Å². The number of aromatic amines is 1. The van der Waals surface area contributed by atoms with E-state index in [1.54, 1.807) is 0 Å². The van der Waals surface area contributed by atoms with Gasteiger partial charge >= 0.3 is 0 Å². The Bertz CT molecular complexity index is 2930. The van der Waals surface area contributed by atoms with E-state index >= 15 is 0 Å². The molecule has 10 aromatic rings. The summed E-state index contributed by atoms with van der Waals surface area (Å²) < 4.78 is 2.27. The fraction of sp³-hybridized carbons (Fsp3) is 0.0800. The van der Waals surface area contributed by atoms with E-state index < -0.39 is 0 Å². The van der Waals surface area contributed by atoms with Crippen molar-refractivity contribution in [3.05, 3.63) is 176 Å². The molecule has 4 nitrogen and oxygen atoms in total. The summed E-state index contributed by atoms with van der Waals surface area (Å²) in [7, 11) is 0. The number of para-hydroxylation sites is 1. The van der Waals surface area contributed by atoms with Gasteiger partial charge in [0.25, 0.3) is 0 Å². The minimum absolute atomic E-state index is 0.489. The SMILES string of the molecule is CC(C)Cc1cc(-c2cccc(-n3c4ccccc4c4cccnc43)c2)nc(-c2cc(-c3ccccc3)cc3c2[nH]c2ccc(-c4ccccc4)cc23)c1. The van der Waals surface area contributed by atoms with Gasteiger partial charge in [-0.2, -0.15) is 0 Å². The maximum Gasteiger partial charge on any atom is 0.145 e. The highest BCUT2D eigenvalue weighted by Crippen LogP contribution is 2.40. The number of hydrogen-bond donors (Lipinski definition) is 1. The van der Waals surface area contributed by atoms with E-state index in [0.29, 0.717) is 5.92 Å². The summed E-state index contributed by atoms with van der Waals surface area (Å²) in [5, 5.41) is 4.74. The molecular weight excluding hydrogens is 657 g/mol. The Balaban J connectivity index is 1.19. The molecule has 0 atom stereocenters. The van der Waals surface area contributed by atoms with Crippen LogP contribution in [-0.4, -0.2) is 19.5 Å². The van der Waals surface area contributed by atoms with Gasteiger partial charge in [0.2, 0.25) is 0 Å². The van der Waals surface area contributed by atoms with E-state index in [4.69, 9.17) is 9.97 Å². The summed E-state index contributed by atoms with van der Waals surface area (Å²) in [5.41, 5.74) is 15.5. The molecular formula is C50H38N4. The lowest BCUT2D eigenvalue weighted by molar-refractivity contribution is 0.647. The highest BCUT2D eigenvalue weighted by Gasteiger charge is 2.18. The van der Waals surface area contributed by atoms with Crippen molar-refractivity contribution in [3.63, 3.8) is 0 Å². The van der Waals surface area contributed by atoms with Crippen LogP contribution in [0.4, 0.5) is 0 Å². The zero-order valence-corrected chi connectivity index (χ0v) is 30.3. The number of benzene rings is 6. The molecule has 0 fully saturated rings. The lowest BCUT2D eigenvalue weighted by atomic mass is 9.94. The normalized spacial score (nSPS) is 11.8. The Morgan fingerprint density at radius 1 is 0.537 bits per heavy atom. The number of pyridine rings is 2. The molecule has 0 aliphatic carbocycles. The first-order chi connectivity index (χ1) is 26.6. The third-order valence-corrected chi connectivity index (χ3v) is 10.6. The third kappa shape index (κ3) is 5.55. The Kier molecular flexibility index (Phi) is 7.69. The van der Waals surface area contributed by atoms with Crippen LogP contribution in [0.3, 0.4) is 0 Å². The third-order valence-electron chi connectivity index (χ3n) is 10.6. The Labute approximate surface area is 314 Å². The van der Waals surface area contributed by atoms with Crippen molar-refractivity contribution in [2.45, 2.75) is 20.3 Å². The second-order valence-corrected chi connectivity index (χ2v) is 14.7. The summed E-state index contributed by atoms with van der Waals surface area (Å²) in [4.78, 5) is 14.2. The van der Waals surface area contributed by atoms with Crippen molar-refractivity contribution < 1.29 is 0 Å². The zero-order chi connectivity index (χ0) is 36.2. The smallest absolute Gasteiger partial charge is 0.145 e. The molecule has 1 N–H and O–H groups in total. The number of hydrogen-bond acceptors (Lipinski definition) is 2. The van der Waals surface area contributed by atoms with E-state index in [0.717, 1.165) is 62.2 Å². The van der Waals surface area contributed by atoms with E-state index in [1.165, 1.54) is 44.0 Å². The van der Waals surface area contributed by atoms with Gasteiger partial charge in [-0.25, -0.2) is 9.97 Å². The number of nitrogens with one attached hydrogen (secondary N) is 1. The van der Waals surface area contributed by atoms with Gasteiger partial charge in [-0.1, -0.05) is 111 Å². The number of fused-ring (bicyclic) bond motifs is 6. The molecule has 0 unspecified atom stereocenters. The molecule has 0 aliphatic rings. The molecule has 0 saturated heterocycles. The van der Waals surface area contributed by atoms with Crippen LogP contribution in [-0.2, 0) is 6.42 Å². The van der Waals surface area contributed by atoms with Crippen molar-refractivity contribution in [1.29, 1.82) is 0 Å². The topological polar surface area (TPSA) is 46.5 Å². The Morgan fingerprint density at radius 3 is 2.06 bits per heavy atom. The fourth-order valence-electron chi connectivity index (χ4n) is 8.13. The van der Waals surface area contributed by atoms with Crippen LogP contribution in [0, 0.1) is 5.92 Å². The summed E-state index contributed by atoms with van der Waals surface area (Å²) in [6.45, 7) is 4.57. The number of rotatable bonds is 7. The van der Waals surface area contributed by atoms with Crippen molar-refractivity contribution in [3.8, 4) is 50.5 Å². The first kappa shape index (κ1) is 31.9. The predicted molar refractivity (Wildman–Crippen MR) is 226 cm³/mol. The van der Waals surface area contributed by atoms with Gasteiger partial charge in [-0.3, -0.25) is 4.57 Å². The Hall–Kier alpha value is -6.78. The van der Waals surface area contributed by atoms with E-state index in [9.17, 15) is 0 Å². The largest absolute Gasteiger partial charge is 0.354 e. The lowest BCUT2D eigenvalue weighted by Gasteiger charge is -2.14. The van der Waals surface area contributed by atoms with Crippen molar-refractivity contribution in [1.82, 2.24) is 19.5 Å². The average Bonchev–Trinajstić information content (AvgIpc) is 3.76. The Morgan fingerprint density at radius 2 is 1.24 bits per heavy atom. The lowest BCUT2D eigenvalue weighted by Crippen LogP contribution is -1.99. The second-order valence-electron chi connectivity index (χ2n) is 14.7. The van der Waals surface area contributed by atoms with E-state index in [1.807, 2.05) is 12.3 Å². The van der Waals surface area contributed by atoms with Gasteiger partial charge in [0.15, 0.2) is 0 Å². The van der Waals surface area contributed by atoms with Gasteiger partial charge < -0.3 is 4.98 Å². The minimum Gasteiger partial charge on any atom is -0.354 e. The molecule has 0 saturated carbocycles. The van der Waals surface area contributed by atoms with Gasteiger partial charge in [-0.05, 0) is 107 Å². The van der Waals surface area contributed by atoms with Crippen LogP contribution in [0.15, 0.2) is 170 Å². The van der Waals surface area contributed by atoms with Crippen LogP contribution in [0.5, 0.6) is 0 Å². The first-order valence-electron chi connectivity index (χ1n) is 18.7. The molecule has 0 radical (unpaired) electrons. The van der Waals surface area contributed by atoms with Crippen LogP contribution < -0.4 is 0 Å². The van der Waals surface area contributed by atoms with Crippen molar-refractivity contribution in [2.75, 3.05) is 0 Å². The fourth-order valence-corrected chi connectivity index (χ4v) is 8.13. The monoisotopic (exact) mass is 694 g/mol. The summed E-state index contributed by atoms with van der Waals surface area (Å²) in [6.07, 6.45) is 2.83. The number of nitrogens with zero attached hydrogens (tertiary/aromatic N) is 3. The number of aromatic nitrogens is 4. The van der Waals surface area contributed by atoms with E-state index in [2.05, 4.69) is 181 Å². The maximum atomic E-state index is 5.50. The maximum absolute atomic E-state index is 5.50. The van der Waals surface area contributed by atoms with Crippen molar-refractivity contribution >= 4 is 43.7 Å². The van der Waals surface area contributed by atoms with Gasteiger partial charge in [0.1, 0.15) is 5.65 Å². The van der Waals surface area contributed by atoms with Crippen LogP contribution in [0.1, 0.15) is 19.4 Å². The predicted octanol–water partition coefficient (Wildman–Crippen LogP) is 13.1. The second kappa shape index (κ2) is 13.0. The molecule has 0 spiro atoms. The molecule has 54 heavy (non-hydrogen) atoms. The zero-order valence-electron chi connectivity index (χ0n) is 30.3. The molecule has 4 aromatic heterocycles. The van der Waals surface area contributed by atoms with E-state index in [-0.39, 0.29) is 0 Å². The van der Waals surface area contributed by atoms with Crippen LogP contribution in [0.2, 0.25) is 0 Å². The van der Waals surface area contributed by atoms with Gasteiger partial charge in [0, 0.05) is 50.1 Å².